The third-order valence-corrected chi connectivity index (χ3v) is 14.3. The fraction of sp³-hybridized carbons (Fsp3) is 0.0417. The first kappa shape index (κ1) is 30.1. The van der Waals surface area contributed by atoms with E-state index >= 15 is 0 Å². The summed E-state index contributed by atoms with van der Waals surface area (Å²) < 4.78 is 6.61. The fourth-order valence-electron chi connectivity index (χ4n) is 8.28. The van der Waals surface area contributed by atoms with Crippen LogP contribution in [0.1, 0.15) is 23.3 Å². The highest BCUT2D eigenvalue weighted by Gasteiger charge is 2.25. The van der Waals surface area contributed by atoms with Crippen LogP contribution in [0.25, 0.3) is 84.3 Å². The molecule has 1 aliphatic carbocycles. The molecule has 0 saturated carbocycles. The van der Waals surface area contributed by atoms with Crippen molar-refractivity contribution in [1.82, 2.24) is 0 Å². The molecule has 1 nitrogen and oxygen atoms in total. The van der Waals surface area contributed by atoms with Crippen LogP contribution in [0.5, 0.6) is 0 Å². The second-order valence-electron chi connectivity index (χ2n) is 13.6. The lowest BCUT2D eigenvalue weighted by atomic mass is 9.88. The molecule has 3 aromatic heterocycles. The molecular formula is C48H31NS3. The van der Waals surface area contributed by atoms with Crippen molar-refractivity contribution in [2.75, 3.05) is 4.90 Å². The van der Waals surface area contributed by atoms with Gasteiger partial charge >= 0.3 is 0 Å². The van der Waals surface area contributed by atoms with Crippen LogP contribution < -0.4 is 4.90 Å². The number of nitrogens with zero attached hydrogens (tertiary/aromatic N) is 1. The third-order valence-electron chi connectivity index (χ3n) is 10.7. The highest BCUT2D eigenvalue weighted by atomic mass is 32.1. The summed E-state index contributed by atoms with van der Waals surface area (Å²) in [4.78, 5) is 3.69. The summed E-state index contributed by atoms with van der Waals surface area (Å²) in [7, 11) is 0. The number of hydrogen-bond acceptors (Lipinski definition) is 4. The Bertz CT molecular complexity index is 2920. The van der Waals surface area contributed by atoms with E-state index in [1.165, 1.54) is 94.4 Å². The first-order chi connectivity index (χ1) is 25.7. The van der Waals surface area contributed by atoms with Crippen molar-refractivity contribution in [3.63, 3.8) is 0 Å². The van der Waals surface area contributed by atoms with E-state index in [1.807, 2.05) is 34.0 Å². The van der Waals surface area contributed by atoms with Crippen LogP contribution >= 0.6 is 34.0 Å². The number of benzene rings is 6. The van der Waals surface area contributed by atoms with Gasteiger partial charge in [-0.2, -0.15) is 0 Å². The first-order valence-corrected chi connectivity index (χ1v) is 20.2. The van der Waals surface area contributed by atoms with Gasteiger partial charge in [0.15, 0.2) is 0 Å². The molecule has 6 aromatic carbocycles. The standard InChI is InChI=1S/C48H31NS3/c1-29-33-12-2-6-20-41(33)49(25-24-45-46(29)40-15-5-9-23-44(40)50-45)32-27-30(34-16-10-18-38-36-13-3-7-21-42(36)51-47(34)38)26-31(28-32)35-17-11-19-39-37-14-4-8-22-43(37)52-48(35)39/h3-11,13-28H,1-2,12H2/b25-24-. The minimum Gasteiger partial charge on any atom is -0.317 e. The maximum atomic E-state index is 4.79. The highest BCUT2D eigenvalue weighted by molar-refractivity contribution is 7.26. The van der Waals surface area contributed by atoms with Gasteiger partial charge in [0.2, 0.25) is 0 Å². The van der Waals surface area contributed by atoms with Gasteiger partial charge in [-0.05, 0) is 94.8 Å². The van der Waals surface area contributed by atoms with Crippen LogP contribution in [0.2, 0.25) is 0 Å². The van der Waals surface area contributed by atoms with Crippen LogP contribution in [0, 0.1) is 0 Å². The normalized spacial score (nSPS) is 15.2. The molecule has 0 unspecified atom stereocenters. The van der Waals surface area contributed by atoms with E-state index < -0.39 is 0 Å². The number of anilines is 1. The van der Waals surface area contributed by atoms with E-state index in [-0.39, 0.29) is 0 Å². The maximum absolute atomic E-state index is 4.79. The molecular weight excluding hydrogens is 687 g/mol. The molecule has 11 rings (SSSR count). The number of thiophene rings is 3. The van der Waals surface area contributed by atoms with Crippen molar-refractivity contribution in [1.29, 1.82) is 0 Å². The smallest absolute Gasteiger partial charge is 0.0490 e. The van der Waals surface area contributed by atoms with Gasteiger partial charge < -0.3 is 4.90 Å². The zero-order chi connectivity index (χ0) is 34.3. The molecule has 0 bridgehead atoms. The van der Waals surface area contributed by atoms with Crippen molar-refractivity contribution in [3.05, 3.63) is 174 Å². The predicted octanol–water partition coefficient (Wildman–Crippen LogP) is 15.1. The van der Waals surface area contributed by atoms with E-state index in [9.17, 15) is 0 Å². The van der Waals surface area contributed by atoms with Gasteiger partial charge in [0.25, 0.3) is 0 Å². The molecule has 0 spiro atoms. The lowest BCUT2D eigenvalue weighted by Gasteiger charge is -2.30. The second-order valence-corrected chi connectivity index (χ2v) is 16.8. The molecule has 52 heavy (non-hydrogen) atoms. The predicted molar refractivity (Wildman–Crippen MR) is 231 cm³/mol. The average Bonchev–Trinajstić information content (AvgIpc) is 3.88. The summed E-state index contributed by atoms with van der Waals surface area (Å²) in [6.07, 6.45) is 11.2. The van der Waals surface area contributed by atoms with Gasteiger partial charge in [0.1, 0.15) is 0 Å². The molecule has 0 atom stereocenters. The van der Waals surface area contributed by atoms with E-state index in [0.29, 0.717) is 0 Å². The quantitative estimate of drug-likeness (QED) is 0.176. The molecule has 2 aliphatic rings. The lowest BCUT2D eigenvalue weighted by Crippen LogP contribution is -2.19. The Balaban J connectivity index is 1.19. The molecule has 0 N–H and O–H groups in total. The SMILES string of the molecule is C=C1C2=C(C=CCC2)N(c2cc(-c3cccc4c3sc3ccccc34)cc(-c3cccc4c3sc3ccccc34)c2)/C=C\c2sc3ccccc3c21. The van der Waals surface area contributed by atoms with E-state index in [4.69, 9.17) is 6.58 Å². The van der Waals surface area contributed by atoms with Crippen molar-refractivity contribution < 1.29 is 0 Å². The van der Waals surface area contributed by atoms with Gasteiger partial charge in [0, 0.05) is 78.5 Å². The minimum atomic E-state index is 0.966. The summed E-state index contributed by atoms with van der Waals surface area (Å²) >= 11 is 5.65. The number of allylic oxidation sites excluding steroid dienone is 4. The van der Waals surface area contributed by atoms with Crippen molar-refractivity contribution in [2.24, 2.45) is 0 Å². The van der Waals surface area contributed by atoms with Gasteiger partial charge in [-0.3, -0.25) is 0 Å². The average molecular weight is 718 g/mol. The third kappa shape index (κ3) is 4.58. The van der Waals surface area contributed by atoms with E-state index in [2.05, 4.69) is 157 Å². The molecule has 0 fully saturated rings. The Morgan fingerprint density at radius 1 is 0.538 bits per heavy atom. The molecule has 1 aliphatic heterocycles. The molecule has 0 radical (unpaired) electrons. The van der Waals surface area contributed by atoms with Crippen LogP contribution in [0.3, 0.4) is 0 Å². The monoisotopic (exact) mass is 717 g/mol. The van der Waals surface area contributed by atoms with Crippen LogP contribution in [0.15, 0.2) is 164 Å². The second kappa shape index (κ2) is 11.8. The molecule has 0 saturated heterocycles. The Kier molecular flexibility index (Phi) is 6.81. The van der Waals surface area contributed by atoms with E-state index in [0.717, 1.165) is 24.1 Å². The topological polar surface area (TPSA) is 3.24 Å². The Labute approximate surface area is 314 Å². The summed E-state index contributed by atoms with van der Waals surface area (Å²) in [5.74, 6) is 0. The summed E-state index contributed by atoms with van der Waals surface area (Å²) in [5.41, 5.74) is 11.1. The van der Waals surface area contributed by atoms with Gasteiger partial charge in [-0.25, -0.2) is 0 Å². The zero-order valence-electron chi connectivity index (χ0n) is 28.2. The summed E-state index contributed by atoms with van der Waals surface area (Å²) in [5, 5.41) is 6.57. The van der Waals surface area contributed by atoms with E-state index in [1.54, 1.807) is 0 Å². The first-order valence-electron chi connectivity index (χ1n) is 17.7. The molecule has 9 aromatic rings. The van der Waals surface area contributed by atoms with Crippen molar-refractivity contribution >= 4 is 102 Å². The Hall–Kier alpha value is -5.52. The highest BCUT2D eigenvalue weighted by Crippen LogP contribution is 2.48. The Morgan fingerprint density at radius 2 is 1.10 bits per heavy atom. The maximum Gasteiger partial charge on any atom is 0.0490 e. The van der Waals surface area contributed by atoms with Gasteiger partial charge in [0.05, 0.1) is 0 Å². The van der Waals surface area contributed by atoms with Crippen LogP contribution in [0.4, 0.5) is 5.69 Å². The van der Waals surface area contributed by atoms with Crippen LogP contribution in [-0.4, -0.2) is 0 Å². The number of fused-ring (bicyclic) bond motifs is 9. The molecule has 246 valence electrons. The summed E-state index contributed by atoms with van der Waals surface area (Å²) in [6, 6.07) is 47.2. The van der Waals surface area contributed by atoms with Crippen molar-refractivity contribution in [2.45, 2.75) is 12.8 Å². The molecule has 4 heteroatoms. The van der Waals surface area contributed by atoms with Gasteiger partial charge in [-0.15, -0.1) is 34.0 Å². The molecule has 0 amide bonds. The van der Waals surface area contributed by atoms with Crippen LogP contribution in [-0.2, 0) is 0 Å². The van der Waals surface area contributed by atoms with Gasteiger partial charge in [-0.1, -0.05) is 104 Å². The fourth-order valence-corrected chi connectivity index (χ4v) is 11.9. The zero-order valence-corrected chi connectivity index (χ0v) is 30.7. The largest absolute Gasteiger partial charge is 0.317 e. The summed E-state index contributed by atoms with van der Waals surface area (Å²) in [6.45, 7) is 4.79. The minimum absolute atomic E-state index is 0.966. The number of rotatable bonds is 3. The van der Waals surface area contributed by atoms with Crippen molar-refractivity contribution in [3.8, 4) is 22.3 Å². The lowest BCUT2D eigenvalue weighted by molar-refractivity contribution is 0.956. The molecule has 4 heterocycles. The number of hydrogen-bond donors (Lipinski definition) is 0. The Morgan fingerprint density at radius 3 is 1.73 bits per heavy atom.